The number of aromatic amines is 1. The molecular weight excluding hydrogens is 516 g/mol. The third kappa shape index (κ3) is 4.29. The second-order valence-corrected chi connectivity index (χ2v) is 10.1. The number of carbonyl (C=O) groups excluding carboxylic acids is 3. The second kappa shape index (κ2) is 9.68. The van der Waals surface area contributed by atoms with Gasteiger partial charge in [0.25, 0.3) is 11.8 Å². The molecule has 2 aliphatic heterocycles. The molecule has 4 amide bonds. The maximum absolute atomic E-state index is 13.3. The molecule has 5 heterocycles. The van der Waals surface area contributed by atoms with E-state index >= 15 is 0 Å². The van der Waals surface area contributed by atoms with Crippen molar-refractivity contribution in [3.8, 4) is 5.75 Å². The molecular formula is C27H28N8O5. The van der Waals surface area contributed by atoms with Crippen molar-refractivity contribution in [2.24, 2.45) is 0 Å². The van der Waals surface area contributed by atoms with Crippen LogP contribution in [0.4, 0.5) is 16.3 Å². The van der Waals surface area contributed by atoms with Gasteiger partial charge in [-0.2, -0.15) is 5.10 Å². The number of aromatic nitrogens is 3. The third-order valence-electron chi connectivity index (χ3n) is 7.19. The minimum Gasteiger partial charge on any atom is -0.497 e. The lowest BCUT2D eigenvalue weighted by molar-refractivity contribution is -0.125. The number of benzene rings is 1. The van der Waals surface area contributed by atoms with Gasteiger partial charge in [-0.3, -0.25) is 20.0 Å². The molecule has 4 aromatic rings. The summed E-state index contributed by atoms with van der Waals surface area (Å²) in [7, 11) is 5.52. The molecule has 40 heavy (non-hydrogen) atoms. The minimum atomic E-state index is -1.63. The van der Waals surface area contributed by atoms with Crippen LogP contribution < -0.4 is 20.3 Å². The molecule has 3 aromatic heterocycles. The third-order valence-corrected chi connectivity index (χ3v) is 7.19. The first kappa shape index (κ1) is 25.4. The lowest BCUT2D eigenvalue weighted by Gasteiger charge is -2.28. The van der Waals surface area contributed by atoms with E-state index in [0.717, 1.165) is 17.8 Å². The average Bonchev–Trinajstić information content (AvgIpc) is 3.71. The summed E-state index contributed by atoms with van der Waals surface area (Å²) in [6.07, 6.45) is 3.51. The molecule has 1 atom stereocenters. The topological polar surface area (TPSA) is 149 Å². The van der Waals surface area contributed by atoms with Crippen molar-refractivity contribution in [2.45, 2.75) is 12.1 Å². The number of nitrogens with zero attached hydrogens (tertiary/aromatic N) is 5. The number of urea groups is 1. The number of likely N-dealkylation sites (N-methyl/N-ethyl adjacent to an activating group) is 1. The molecule has 1 fully saturated rings. The predicted molar refractivity (Wildman–Crippen MR) is 144 cm³/mol. The van der Waals surface area contributed by atoms with Crippen molar-refractivity contribution >= 4 is 40.5 Å². The molecule has 6 rings (SSSR count). The van der Waals surface area contributed by atoms with Gasteiger partial charge < -0.3 is 29.2 Å². The van der Waals surface area contributed by atoms with Gasteiger partial charge in [0.15, 0.2) is 11.1 Å². The van der Waals surface area contributed by atoms with Crippen molar-refractivity contribution in [3.63, 3.8) is 0 Å². The Balaban J connectivity index is 1.35. The van der Waals surface area contributed by atoms with E-state index in [0.29, 0.717) is 34.8 Å². The minimum absolute atomic E-state index is 0.128. The van der Waals surface area contributed by atoms with Crippen LogP contribution in [0.5, 0.6) is 5.75 Å². The Kier molecular flexibility index (Phi) is 6.14. The van der Waals surface area contributed by atoms with Gasteiger partial charge in [-0.05, 0) is 43.9 Å². The van der Waals surface area contributed by atoms with Gasteiger partial charge in [0.05, 0.1) is 25.5 Å². The van der Waals surface area contributed by atoms with E-state index in [4.69, 9.17) is 14.1 Å². The number of nitrogens with one attached hydrogen (secondary N) is 3. The molecule has 1 unspecified atom stereocenters. The monoisotopic (exact) mass is 544 g/mol. The van der Waals surface area contributed by atoms with Crippen LogP contribution in [0.3, 0.4) is 0 Å². The maximum Gasteiger partial charge on any atom is 0.322 e. The first-order valence-corrected chi connectivity index (χ1v) is 12.7. The Morgan fingerprint density at radius 1 is 1.12 bits per heavy atom. The highest BCUT2D eigenvalue weighted by molar-refractivity contribution is 6.08. The quantitative estimate of drug-likeness (QED) is 0.269. The zero-order valence-electron chi connectivity index (χ0n) is 22.2. The van der Waals surface area contributed by atoms with Crippen molar-refractivity contribution in [2.75, 3.05) is 45.7 Å². The molecule has 13 heteroatoms. The van der Waals surface area contributed by atoms with Gasteiger partial charge in [0.1, 0.15) is 22.8 Å². The summed E-state index contributed by atoms with van der Waals surface area (Å²) in [5, 5.41) is 11.9. The number of furan rings is 1. The van der Waals surface area contributed by atoms with E-state index in [-0.39, 0.29) is 24.8 Å². The molecule has 3 N–H and O–H groups in total. The summed E-state index contributed by atoms with van der Waals surface area (Å²) in [4.78, 5) is 49.4. The summed E-state index contributed by atoms with van der Waals surface area (Å²) in [6.45, 7) is 1.57. The molecule has 0 aliphatic carbocycles. The van der Waals surface area contributed by atoms with E-state index in [9.17, 15) is 14.4 Å². The number of hydrogen-bond donors (Lipinski definition) is 3. The molecule has 0 radical (unpaired) electrons. The summed E-state index contributed by atoms with van der Waals surface area (Å²) >= 11 is 0. The van der Waals surface area contributed by atoms with Crippen molar-refractivity contribution < 1.29 is 23.5 Å². The maximum atomic E-state index is 13.3. The lowest BCUT2D eigenvalue weighted by atomic mass is 9.95. The Morgan fingerprint density at radius 3 is 2.67 bits per heavy atom. The van der Waals surface area contributed by atoms with Crippen molar-refractivity contribution in [3.05, 3.63) is 65.7 Å². The fraction of sp³-hybridized carbons (Fsp3) is 0.296. The number of ether oxygens (including phenoxy) is 1. The van der Waals surface area contributed by atoms with Gasteiger partial charge in [0, 0.05) is 37.5 Å². The SMILES string of the molecule is COc1ccc2c(c1)C(=O)N(CC1(c3cc4nc(N(CCN(C)C)c5cn[nH]c5)ccc4o3)NC(=O)NC1=O)C2. The fourth-order valence-electron chi connectivity index (χ4n) is 5.08. The van der Waals surface area contributed by atoms with Crippen LogP contribution in [0.2, 0.25) is 0 Å². The van der Waals surface area contributed by atoms with E-state index in [2.05, 4.69) is 25.7 Å². The van der Waals surface area contributed by atoms with E-state index in [1.807, 2.05) is 31.1 Å². The molecule has 1 aromatic carbocycles. The van der Waals surface area contributed by atoms with Crippen LogP contribution in [0, 0.1) is 0 Å². The fourth-order valence-corrected chi connectivity index (χ4v) is 5.08. The molecule has 2 aliphatic rings. The zero-order chi connectivity index (χ0) is 28.0. The van der Waals surface area contributed by atoms with E-state index in [1.54, 1.807) is 36.7 Å². The number of fused-ring (bicyclic) bond motifs is 2. The van der Waals surface area contributed by atoms with Crippen LogP contribution in [0.15, 0.2) is 53.2 Å². The Hall–Kier alpha value is -4.91. The number of rotatable bonds is 9. The summed E-state index contributed by atoms with van der Waals surface area (Å²) in [6, 6.07) is 9.85. The van der Waals surface area contributed by atoms with Crippen LogP contribution in [-0.4, -0.2) is 83.7 Å². The highest BCUT2D eigenvalue weighted by Crippen LogP contribution is 2.35. The lowest BCUT2D eigenvalue weighted by Crippen LogP contribution is -2.52. The smallest absolute Gasteiger partial charge is 0.322 e. The van der Waals surface area contributed by atoms with Gasteiger partial charge in [-0.1, -0.05) is 6.07 Å². The summed E-state index contributed by atoms with van der Waals surface area (Å²) < 4.78 is 11.4. The van der Waals surface area contributed by atoms with Gasteiger partial charge >= 0.3 is 6.03 Å². The van der Waals surface area contributed by atoms with Gasteiger partial charge in [-0.15, -0.1) is 0 Å². The molecule has 0 saturated carbocycles. The van der Waals surface area contributed by atoms with Gasteiger partial charge in [0.2, 0.25) is 0 Å². The Morgan fingerprint density at radius 2 is 1.98 bits per heavy atom. The number of pyridine rings is 1. The highest BCUT2D eigenvalue weighted by Gasteiger charge is 2.53. The Labute approximate surface area is 229 Å². The molecule has 0 spiro atoms. The number of methoxy groups -OCH3 is 1. The number of imide groups is 1. The van der Waals surface area contributed by atoms with Gasteiger partial charge in [-0.25, -0.2) is 9.78 Å². The first-order chi connectivity index (χ1) is 19.3. The largest absolute Gasteiger partial charge is 0.497 e. The van der Waals surface area contributed by atoms with Crippen molar-refractivity contribution in [1.82, 2.24) is 35.6 Å². The van der Waals surface area contributed by atoms with E-state index < -0.39 is 17.5 Å². The molecule has 13 nitrogen and oxygen atoms in total. The molecule has 0 bridgehead atoms. The van der Waals surface area contributed by atoms with Crippen LogP contribution in [0.25, 0.3) is 11.1 Å². The molecule has 206 valence electrons. The van der Waals surface area contributed by atoms with Crippen LogP contribution >= 0.6 is 0 Å². The average molecular weight is 545 g/mol. The standard InChI is InChI=1S/C27H28N8O5/c1-33(2)8-9-35(17-12-28-29-13-17)23-7-6-21-20(30-23)11-22(40-21)27(25(37)31-26(38)32-27)15-34-14-16-4-5-18(39-3)10-19(16)24(34)36/h4-7,10-13H,8-9,14-15H2,1-3H3,(H,28,29)(H2,31,32,37,38). The Bertz CT molecular complexity index is 1610. The highest BCUT2D eigenvalue weighted by atomic mass is 16.5. The zero-order valence-corrected chi connectivity index (χ0v) is 22.2. The van der Waals surface area contributed by atoms with E-state index in [1.165, 1.54) is 12.0 Å². The number of H-pyrrole nitrogens is 1. The summed E-state index contributed by atoms with van der Waals surface area (Å²) in [5.41, 5.74) is 1.45. The molecule has 1 saturated heterocycles. The number of anilines is 2. The first-order valence-electron chi connectivity index (χ1n) is 12.7. The predicted octanol–water partition coefficient (Wildman–Crippen LogP) is 1.95. The normalized spacial score (nSPS) is 18.4. The number of carbonyl (C=O) groups is 3. The summed E-state index contributed by atoms with van der Waals surface area (Å²) in [5.74, 6) is 0.528. The van der Waals surface area contributed by atoms with Crippen molar-refractivity contribution in [1.29, 1.82) is 0 Å². The number of amides is 4. The van der Waals surface area contributed by atoms with Crippen LogP contribution in [-0.2, 0) is 16.9 Å². The second-order valence-electron chi connectivity index (χ2n) is 10.1. The number of hydrogen-bond acceptors (Lipinski definition) is 9. The van der Waals surface area contributed by atoms with Crippen LogP contribution in [0.1, 0.15) is 21.7 Å².